The van der Waals surface area contributed by atoms with Gasteiger partial charge in [0.05, 0.1) is 13.3 Å². The molecule has 1 heterocycles. The summed E-state index contributed by atoms with van der Waals surface area (Å²) < 4.78 is 20.0. The van der Waals surface area contributed by atoms with E-state index >= 15 is 0 Å². The molecule has 0 spiro atoms. The van der Waals surface area contributed by atoms with E-state index in [1.165, 1.54) is 25.7 Å². The van der Waals surface area contributed by atoms with Gasteiger partial charge in [0.1, 0.15) is 6.61 Å². The molecule has 0 unspecified atom stereocenters. The number of esters is 2. The van der Waals surface area contributed by atoms with Gasteiger partial charge in [-0.3, -0.25) is 28.3 Å². The van der Waals surface area contributed by atoms with Crippen LogP contribution in [-0.2, 0) is 33.0 Å². The Hall–Kier alpha value is -3.58. The zero-order chi connectivity index (χ0) is 28.9. The van der Waals surface area contributed by atoms with Gasteiger partial charge in [0.25, 0.3) is 18.1 Å². The van der Waals surface area contributed by atoms with E-state index in [-0.39, 0.29) is 12.5 Å². The summed E-state index contributed by atoms with van der Waals surface area (Å²) in [5, 5.41) is 27.9. The first kappa shape index (κ1) is 33.4. The third-order valence-electron chi connectivity index (χ3n) is 5.61. The van der Waals surface area contributed by atoms with Gasteiger partial charge < -0.3 is 20.1 Å². The molecule has 0 aromatic rings. The Morgan fingerprint density at radius 3 is 2.15 bits per heavy atom. The zero-order valence-corrected chi connectivity index (χ0v) is 22.6. The minimum Gasteiger partial charge on any atom is -0.500 e. The number of unbranched alkanes of at least 4 members (excludes halogenated alkanes) is 11. The lowest BCUT2D eigenvalue weighted by Gasteiger charge is -2.06. The van der Waals surface area contributed by atoms with Crippen LogP contribution in [0.4, 0.5) is 0 Å². The van der Waals surface area contributed by atoms with E-state index in [1.807, 2.05) is 0 Å². The van der Waals surface area contributed by atoms with Crippen LogP contribution in [0.3, 0.4) is 0 Å². The Kier molecular flexibility index (Phi) is 17.5. The molecular weight excluding hydrogens is 508 g/mol. The van der Waals surface area contributed by atoms with Gasteiger partial charge >= 0.3 is 36.4 Å². The molecular formula is C29H41O10+3. The fraction of sp³-hybridized carbons (Fsp3) is 0.586. The third-order valence-corrected chi connectivity index (χ3v) is 5.61. The van der Waals surface area contributed by atoms with Crippen molar-refractivity contribution in [3.63, 3.8) is 0 Å². The Balaban J connectivity index is 2.24. The summed E-state index contributed by atoms with van der Waals surface area (Å²) in [7, 11) is 0. The number of aliphatic hydroxyl groups excluding tert-OH is 3. The van der Waals surface area contributed by atoms with Crippen LogP contribution in [0.25, 0.3) is 0 Å². The van der Waals surface area contributed by atoms with Crippen molar-refractivity contribution in [1.29, 1.82) is 0 Å². The minimum absolute atomic E-state index is 0.133. The normalized spacial score (nSPS) is 14.0. The monoisotopic (exact) mass is 549 g/mol. The number of cyclic esters (lactones) is 1. The average molecular weight is 550 g/mol. The van der Waals surface area contributed by atoms with Crippen LogP contribution in [-0.4, -0.2) is 58.6 Å². The average Bonchev–Trinajstić information content (AvgIpc) is 2.91. The van der Waals surface area contributed by atoms with E-state index in [1.54, 1.807) is 0 Å². The standard InChI is InChI=1S/C29H39O10/c1-3-4-5-6-7-8-9-10-11-12-13-14-15-16-17-18-25(32)36-20-23(38-22(2)31)21-37-29-28(35)27(34)26(33)24(19-30)39-29/h30H,1-9,12-21H2/q+1/p+2. The van der Waals surface area contributed by atoms with Crippen LogP contribution in [0.1, 0.15) is 89.9 Å². The molecule has 0 fully saturated rings. The molecule has 0 aromatic carbocycles. The van der Waals surface area contributed by atoms with E-state index in [0.29, 0.717) is 6.42 Å². The van der Waals surface area contributed by atoms with Crippen molar-refractivity contribution >= 4 is 23.5 Å². The van der Waals surface area contributed by atoms with Crippen molar-refractivity contribution in [3.05, 3.63) is 37.1 Å². The summed E-state index contributed by atoms with van der Waals surface area (Å²) in [5.41, 5.74) is 0. The summed E-state index contributed by atoms with van der Waals surface area (Å²) in [4.78, 5) is 35.7. The molecule has 1 rings (SSSR count). The molecule has 1 aliphatic heterocycles. The second kappa shape index (κ2) is 20.4. The lowest BCUT2D eigenvalue weighted by Crippen LogP contribution is -2.36. The first-order valence-corrected chi connectivity index (χ1v) is 13.4. The second-order valence-electron chi connectivity index (χ2n) is 8.95. The number of ketones is 2. The van der Waals surface area contributed by atoms with Crippen molar-refractivity contribution in [2.75, 3.05) is 19.8 Å². The predicted octanol–water partition coefficient (Wildman–Crippen LogP) is 4.40. The van der Waals surface area contributed by atoms with Gasteiger partial charge in [0, 0.05) is 19.3 Å². The molecule has 0 atom stereocenters. The van der Waals surface area contributed by atoms with Gasteiger partial charge in [0.15, 0.2) is 0 Å². The smallest absolute Gasteiger partial charge is 0.500 e. The van der Waals surface area contributed by atoms with E-state index < -0.39 is 60.8 Å². The number of rotatable bonds is 20. The lowest BCUT2D eigenvalue weighted by molar-refractivity contribution is -0.467. The van der Waals surface area contributed by atoms with Crippen molar-refractivity contribution in [2.45, 2.75) is 89.9 Å². The van der Waals surface area contributed by atoms with Gasteiger partial charge in [-0.15, -0.1) is 11.8 Å². The van der Waals surface area contributed by atoms with Gasteiger partial charge in [-0.2, -0.15) is 0 Å². The largest absolute Gasteiger partial charge is 0.576 e. The van der Waals surface area contributed by atoms with Crippen LogP contribution in [0, 0.1) is 24.9 Å². The summed E-state index contributed by atoms with van der Waals surface area (Å²) >= 11 is 0. The molecule has 214 valence electrons. The van der Waals surface area contributed by atoms with Gasteiger partial charge in [-0.1, -0.05) is 32.1 Å². The number of ether oxygens (including phenoxy) is 3. The Morgan fingerprint density at radius 2 is 1.56 bits per heavy atom. The highest BCUT2D eigenvalue weighted by Crippen LogP contribution is 2.15. The van der Waals surface area contributed by atoms with E-state index in [0.717, 1.165) is 51.4 Å². The van der Waals surface area contributed by atoms with Gasteiger partial charge in [-0.25, -0.2) is 0 Å². The molecule has 0 saturated heterocycles. The molecule has 3 N–H and O–H groups in total. The Bertz CT molecular complexity index is 922. The number of hydrogen-bond acceptors (Lipinski definition) is 9. The van der Waals surface area contributed by atoms with Crippen LogP contribution in [0.15, 0.2) is 24.0 Å². The molecule has 1 aliphatic rings. The summed E-state index contributed by atoms with van der Waals surface area (Å²) in [6.45, 7) is 5.23. The maximum atomic E-state index is 12.1. The maximum absolute atomic E-state index is 12.1. The van der Waals surface area contributed by atoms with Crippen molar-refractivity contribution < 1.29 is 48.3 Å². The SMILES string of the molecule is C=C(O)O[C+](COC(=O)CCCCCCCC#CCCCCCCC[CH2+])C[O+]=C1OC(CO)=C(O)C(=O)C1=O. The van der Waals surface area contributed by atoms with Crippen LogP contribution in [0.5, 0.6) is 0 Å². The van der Waals surface area contributed by atoms with Crippen molar-refractivity contribution in [2.24, 2.45) is 0 Å². The van der Waals surface area contributed by atoms with E-state index in [2.05, 4.69) is 25.3 Å². The Morgan fingerprint density at radius 1 is 0.974 bits per heavy atom. The highest BCUT2D eigenvalue weighted by molar-refractivity contribution is 6.66. The fourth-order valence-electron chi connectivity index (χ4n) is 3.49. The zero-order valence-electron chi connectivity index (χ0n) is 22.6. The van der Waals surface area contributed by atoms with E-state index in [9.17, 15) is 24.6 Å². The highest BCUT2D eigenvalue weighted by atomic mass is 16.6. The quantitative estimate of drug-likeness (QED) is 0.0382. The van der Waals surface area contributed by atoms with Crippen molar-refractivity contribution in [3.8, 4) is 11.8 Å². The predicted molar refractivity (Wildman–Crippen MR) is 143 cm³/mol. The number of carbonyl (C=O) groups excluding carboxylic acids is 4. The van der Waals surface area contributed by atoms with Crippen LogP contribution >= 0.6 is 0 Å². The molecule has 10 heteroatoms. The molecule has 0 aliphatic carbocycles. The first-order chi connectivity index (χ1) is 18.8. The second-order valence-corrected chi connectivity index (χ2v) is 8.95. The van der Waals surface area contributed by atoms with Crippen LogP contribution < -0.4 is 0 Å². The third kappa shape index (κ3) is 14.8. The maximum Gasteiger partial charge on any atom is 0.576 e. The Labute approximate surface area is 230 Å². The summed E-state index contributed by atoms with van der Waals surface area (Å²) in [6.07, 6.45) is 13.7. The topological polar surface area (TPSA) is 151 Å². The number of carbonyl (C=O) groups is 3. The highest BCUT2D eigenvalue weighted by Gasteiger charge is 2.46. The number of allylic oxidation sites excluding steroid dienone is 1. The number of Topliss-reactive ketones (excluding diaryl/α,β-unsaturated/α-hetero) is 2. The molecule has 0 bridgehead atoms. The fourth-order valence-corrected chi connectivity index (χ4v) is 3.49. The first-order valence-electron chi connectivity index (χ1n) is 13.4. The summed E-state index contributed by atoms with van der Waals surface area (Å²) in [6, 6.07) is 0. The molecule has 0 amide bonds. The van der Waals surface area contributed by atoms with Gasteiger partial charge in [-0.05, 0) is 38.7 Å². The molecule has 0 saturated carbocycles. The van der Waals surface area contributed by atoms with Crippen LogP contribution in [0.2, 0.25) is 0 Å². The number of aliphatic hydroxyl groups is 3. The molecule has 0 aromatic heterocycles. The molecule has 0 radical (unpaired) electrons. The number of hydrogen-bond donors (Lipinski definition) is 3. The van der Waals surface area contributed by atoms with Gasteiger partial charge in [0.2, 0.25) is 5.76 Å². The minimum atomic E-state index is -1.31. The van der Waals surface area contributed by atoms with E-state index in [4.69, 9.17) is 23.7 Å². The molecule has 39 heavy (non-hydrogen) atoms. The van der Waals surface area contributed by atoms with Crippen molar-refractivity contribution in [1.82, 2.24) is 0 Å². The lowest BCUT2D eigenvalue weighted by atomic mass is 10.1. The molecule has 10 nitrogen and oxygen atoms in total. The summed E-state index contributed by atoms with van der Waals surface area (Å²) in [5.74, 6) is 0.316.